The van der Waals surface area contributed by atoms with Crippen molar-refractivity contribution in [1.82, 2.24) is 0 Å². The Bertz CT molecular complexity index is 191. The highest BCUT2D eigenvalue weighted by molar-refractivity contribution is 4.59. The summed E-state index contributed by atoms with van der Waals surface area (Å²) in [6.07, 6.45) is 3.35. The van der Waals surface area contributed by atoms with E-state index in [-0.39, 0.29) is 12.1 Å². The van der Waals surface area contributed by atoms with Gasteiger partial charge in [-0.2, -0.15) is 0 Å². The fourth-order valence-corrected chi connectivity index (χ4v) is 1.69. The predicted octanol–water partition coefficient (Wildman–Crippen LogP) is 1.98. The minimum atomic E-state index is 0.180. The van der Waals surface area contributed by atoms with Gasteiger partial charge in [0, 0.05) is 12.6 Å². The van der Waals surface area contributed by atoms with Crippen LogP contribution in [0.1, 0.15) is 40.0 Å². The lowest BCUT2D eigenvalue weighted by molar-refractivity contribution is -0.0173. The lowest BCUT2D eigenvalue weighted by atomic mass is 10.2. The third-order valence-electron chi connectivity index (χ3n) is 2.72. The molecule has 5 heteroatoms. The van der Waals surface area contributed by atoms with E-state index in [4.69, 9.17) is 24.7 Å². The molecular formula is C15H33NO4. The van der Waals surface area contributed by atoms with Crippen molar-refractivity contribution >= 4 is 0 Å². The van der Waals surface area contributed by atoms with Crippen LogP contribution in [0.3, 0.4) is 0 Å². The van der Waals surface area contributed by atoms with Crippen LogP contribution >= 0.6 is 0 Å². The first-order valence-corrected chi connectivity index (χ1v) is 7.77. The Balaban J connectivity index is 3.06. The Kier molecular flexibility index (Phi) is 15.0. The van der Waals surface area contributed by atoms with Crippen molar-refractivity contribution in [3.05, 3.63) is 0 Å². The number of ether oxygens (including phenoxy) is 4. The molecule has 0 fully saturated rings. The van der Waals surface area contributed by atoms with E-state index in [1.54, 1.807) is 0 Å². The van der Waals surface area contributed by atoms with Gasteiger partial charge in [-0.25, -0.2) is 0 Å². The number of rotatable bonds is 15. The summed E-state index contributed by atoms with van der Waals surface area (Å²) in [4.78, 5) is 0. The van der Waals surface area contributed by atoms with Crippen molar-refractivity contribution in [2.45, 2.75) is 52.2 Å². The molecule has 0 radical (unpaired) electrons. The fourth-order valence-electron chi connectivity index (χ4n) is 1.69. The first-order valence-electron chi connectivity index (χ1n) is 7.77. The highest BCUT2D eigenvalue weighted by atomic mass is 16.6. The molecule has 0 aliphatic carbocycles. The third-order valence-corrected chi connectivity index (χ3v) is 2.72. The van der Waals surface area contributed by atoms with Gasteiger partial charge in [-0.15, -0.1) is 0 Å². The van der Waals surface area contributed by atoms with E-state index >= 15 is 0 Å². The summed E-state index contributed by atoms with van der Waals surface area (Å²) in [6, 6.07) is 0.180. The molecule has 5 nitrogen and oxygen atoms in total. The minimum absolute atomic E-state index is 0.180. The summed E-state index contributed by atoms with van der Waals surface area (Å²) >= 11 is 0. The molecule has 0 saturated heterocycles. The summed E-state index contributed by atoms with van der Waals surface area (Å²) in [7, 11) is 0. The van der Waals surface area contributed by atoms with Gasteiger partial charge in [0.15, 0.2) is 0 Å². The first-order chi connectivity index (χ1) is 9.66. The van der Waals surface area contributed by atoms with Crippen LogP contribution in [0.15, 0.2) is 0 Å². The second-order valence-electron chi connectivity index (χ2n) is 5.09. The normalized spacial score (nSPS) is 14.4. The van der Waals surface area contributed by atoms with E-state index in [9.17, 15) is 0 Å². The molecule has 0 heterocycles. The average molecular weight is 291 g/mol. The molecular weight excluding hydrogens is 258 g/mol. The van der Waals surface area contributed by atoms with Crippen molar-refractivity contribution in [3.8, 4) is 0 Å². The van der Waals surface area contributed by atoms with E-state index in [0.29, 0.717) is 39.6 Å². The number of nitrogens with two attached hydrogens (primary N) is 1. The topological polar surface area (TPSA) is 62.9 Å². The van der Waals surface area contributed by atoms with E-state index in [1.165, 1.54) is 6.42 Å². The fraction of sp³-hybridized carbons (Fsp3) is 1.00. The largest absolute Gasteiger partial charge is 0.379 e. The zero-order valence-electron chi connectivity index (χ0n) is 13.4. The second-order valence-corrected chi connectivity index (χ2v) is 5.09. The van der Waals surface area contributed by atoms with Crippen molar-refractivity contribution < 1.29 is 18.9 Å². The number of hydrogen-bond donors (Lipinski definition) is 1. The minimum Gasteiger partial charge on any atom is -0.379 e. The summed E-state index contributed by atoms with van der Waals surface area (Å²) < 4.78 is 21.7. The Morgan fingerprint density at radius 3 is 1.80 bits per heavy atom. The molecule has 0 aromatic carbocycles. The molecule has 20 heavy (non-hydrogen) atoms. The molecule has 2 unspecified atom stereocenters. The van der Waals surface area contributed by atoms with Gasteiger partial charge in [-0.05, 0) is 26.7 Å². The summed E-state index contributed by atoms with van der Waals surface area (Å²) in [5.41, 5.74) is 5.69. The standard InChI is InChI=1S/C15H33NO4/c1-4-5-6-17-7-8-18-9-10-19-11-12-20-15(3)13-14(2)16/h14-15H,4-13,16H2,1-3H3. The molecule has 0 amide bonds. The maximum absolute atomic E-state index is 5.69. The monoisotopic (exact) mass is 291 g/mol. The van der Waals surface area contributed by atoms with E-state index in [0.717, 1.165) is 19.4 Å². The van der Waals surface area contributed by atoms with Crippen LogP contribution in [0, 0.1) is 0 Å². The van der Waals surface area contributed by atoms with Crippen LogP contribution < -0.4 is 5.73 Å². The molecule has 122 valence electrons. The summed E-state index contributed by atoms with van der Waals surface area (Å²) in [5, 5.41) is 0. The lowest BCUT2D eigenvalue weighted by Gasteiger charge is -2.15. The van der Waals surface area contributed by atoms with Crippen LogP contribution in [0.5, 0.6) is 0 Å². The summed E-state index contributed by atoms with van der Waals surface area (Å²) in [5.74, 6) is 0. The zero-order valence-corrected chi connectivity index (χ0v) is 13.4. The Hall–Kier alpha value is -0.200. The third kappa shape index (κ3) is 15.9. The number of hydrogen-bond acceptors (Lipinski definition) is 5. The molecule has 0 aromatic rings. The molecule has 0 rings (SSSR count). The van der Waals surface area contributed by atoms with E-state index in [2.05, 4.69) is 6.92 Å². The molecule has 0 saturated carbocycles. The second kappa shape index (κ2) is 15.2. The summed E-state index contributed by atoms with van der Waals surface area (Å²) in [6.45, 7) is 10.7. The van der Waals surface area contributed by atoms with Crippen molar-refractivity contribution in [2.75, 3.05) is 46.2 Å². The SMILES string of the molecule is CCCCOCCOCCOCCOC(C)CC(C)N. The molecule has 0 aliphatic heterocycles. The molecule has 2 atom stereocenters. The highest BCUT2D eigenvalue weighted by Gasteiger charge is 2.04. The maximum Gasteiger partial charge on any atom is 0.0704 e. The van der Waals surface area contributed by atoms with Gasteiger partial charge in [0.25, 0.3) is 0 Å². The predicted molar refractivity (Wildman–Crippen MR) is 81.0 cm³/mol. The maximum atomic E-state index is 5.69. The zero-order chi connectivity index (χ0) is 15.1. The van der Waals surface area contributed by atoms with Crippen LogP contribution in [0.4, 0.5) is 0 Å². The van der Waals surface area contributed by atoms with Crippen molar-refractivity contribution in [2.24, 2.45) is 5.73 Å². The number of unbranched alkanes of at least 4 members (excludes halogenated alkanes) is 1. The van der Waals surface area contributed by atoms with Crippen LogP contribution in [0.25, 0.3) is 0 Å². The van der Waals surface area contributed by atoms with Crippen molar-refractivity contribution in [1.29, 1.82) is 0 Å². The Morgan fingerprint density at radius 2 is 1.30 bits per heavy atom. The average Bonchev–Trinajstić information content (AvgIpc) is 2.39. The van der Waals surface area contributed by atoms with Gasteiger partial charge >= 0.3 is 0 Å². The lowest BCUT2D eigenvalue weighted by Crippen LogP contribution is -2.24. The van der Waals surface area contributed by atoms with E-state index < -0.39 is 0 Å². The van der Waals surface area contributed by atoms with Crippen LogP contribution in [-0.2, 0) is 18.9 Å². The first kappa shape index (κ1) is 19.8. The Labute approximate surface area is 124 Å². The van der Waals surface area contributed by atoms with Gasteiger partial charge in [0.1, 0.15) is 0 Å². The molecule has 2 N–H and O–H groups in total. The van der Waals surface area contributed by atoms with Gasteiger partial charge in [-0.1, -0.05) is 13.3 Å². The van der Waals surface area contributed by atoms with Gasteiger partial charge in [-0.3, -0.25) is 0 Å². The van der Waals surface area contributed by atoms with Crippen LogP contribution in [0.2, 0.25) is 0 Å². The van der Waals surface area contributed by atoms with Crippen LogP contribution in [-0.4, -0.2) is 58.4 Å². The quantitative estimate of drug-likeness (QED) is 0.467. The highest BCUT2D eigenvalue weighted by Crippen LogP contribution is 1.99. The smallest absolute Gasteiger partial charge is 0.0704 e. The molecule has 0 bridgehead atoms. The van der Waals surface area contributed by atoms with Gasteiger partial charge < -0.3 is 24.7 Å². The van der Waals surface area contributed by atoms with Gasteiger partial charge in [0.2, 0.25) is 0 Å². The van der Waals surface area contributed by atoms with Crippen molar-refractivity contribution in [3.63, 3.8) is 0 Å². The molecule has 0 aromatic heterocycles. The Morgan fingerprint density at radius 1 is 0.800 bits per heavy atom. The van der Waals surface area contributed by atoms with Gasteiger partial charge in [0.05, 0.1) is 45.7 Å². The molecule has 0 aliphatic rings. The molecule has 0 spiro atoms. The van der Waals surface area contributed by atoms with E-state index in [1.807, 2.05) is 13.8 Å².